The molecule has 0 spiro atoms. The van der Waals surface area contributed by atoms with Crippen molar-refractivity contribution in [2.75, 3.05) is 18.8 Å². The first-order valence-corrected chi connectivity index (χ1v) is 11.0. The predicted molar refractivity (Wildman–Crippen MR) is 98.0 cm³/mol. The molecule has 0 aromatic heterocycles. The minimum Gasteiger partial charge on any atom is -0.341 e. The summed E-state index contributed by atoms with van der Waals surface area (Å²) in [6.45, 7) is 0.769. The van der Waals surface area contributed by atoms with Crippen LogP contribution in [0.4, 0.5) is 0 Å². The fraction of sp³-hybridized carbons (Fsp3) is 0.526. The number of carbonyl (C=O) groups is 1. The first-order chi connectivity index (χ1) is 12.0. The van der Waals surface area contributed by atoms with Crippen LogP contribution in [-0.4, -0.2) is 38.1 Å². The van der Waals surface area contributed by atoms with Crippen molar-refractivity contribution in [3.05, 3.63) is 47.0 Å². The summed E-state index contributed by atoms with van der Waals surface area (Å²) in [7, 11) is -3.33. The van der Waals surface area contributed by atoms with Gasteiger partial charge in [-0.3, -0.25) is 4.79 Å². The first-order valence-electron chi connectivity index (χ1n) is 8.89. The molecule has 1 heterocycles. The third kappa shape index (κ3) is 3.13. The molecule has 4 nitrogen and oxygen atoms in total. The Balaban J connectivity index is 1.53. The van der Waals surface area contributed by atoms with Crippen molar-refractivity contribution >= 4 is 27.3 Å². The Hall–Kier alpha value is -1.33. The number of nitrogens with zero attached hydrogens (tertiary/aromatic N) is 1. The van der Waals surface area contributed by atoms with Gasteiger partial charge in [-0.15, -0.1) is 0 Å². The summed E-state index contributed by atoms with van der Waals surface area (Å²) in [6, 6.07) is 7.12. The van der Waals surface area contributed by atoms with Gasteiger partial charge in [-0.05, 0) is 42.7 Å². The lowest BCUT2D eigenvalue weighted by molar-refractivity contribution is -0.136. The Kier molecular flexibility index (Phi) is 4.40. The van der Waals surface area contributed by atoms with Crippen LogP contribution in [0.1, 0.15) is 30.1 Å². The third-order valence-corrected chi connectivity index (χ3v) is 8.35. The second kappa shape index (κ2) is 6.44. The van der Waals surface area contributed by atoms with Gasteiger partial charge in [-0.2, -0.15) is 0 Å². The molecule has 2 fully saturated rings. The molecule has 2 aliphatic carbocycles. The van der Waals surface area contributed by atoms with Crippen LogP contribution < -0.4 is 0 Å². The predicted octanol–water partition coefficient (Wildman–Crippen LogP) is 3.24. The monoisotopic (exact) mass is 379 g/mol. The Bertz CT molecular complexity index is 820. The van der Waals surface area contributed by atoms with E-state index >= 15 is 0 Å². The van der Waals surface area contributed by atoms with Crippen LogP contribution in [0.3, 0.4) is 0 Å². The summed E-state index contributed by atoms with van der Waals surface area (Å²) in [6.07, 6.45) is 6.78. The van der Waals surface area contributed by atoms with Crippen LogP contribution in [0.2, 0.25) is 5.02 Å². The highest BCUT2D eigenvalue weighted by Crippen LogP contribution is 2.44. The van der Waals surface area contributed by atoms with Gasteiger partial charge in [0.2, 0.25) is 5.91 Å². The maximum Gasteiger partial charge on any atom is 0.226 e. The molecular weight excluding hydrogens is 358 g/mol. The maximum atomic E-state index is 12.9. The van der Waals surface area contributed by atoms with Gasteiger partial charge in [-0.1, -0.05) is 42.0 Å². The second-order valence-corrected chi connectivity index (χ2v) is 10.1. The van der Waals surface area contributed by atoms with Crippen molar-refractivity contribution in [2.45, 2.75) is 24.5 Å². The Morgan fingerprint density at radius 1 is 1.12 bits per heavy atom. The van der Waals surface area contributed by atoms with Gasteiger partial charge in [0, 0.05) is 24.0 Å². The molecule has 2 bridgehead atoms. The second-order valence-electron chi connectivity index (χ2n) is 7.38. The third-order valence-electron chi connectivity index (χ3n) is 5.90. The summed E-state index contributed by atoms with van der Waals surface area (Å²) in [5, 5.41) is -0.145. The molecule has 1 aromatic rings. The van der Waals surface area contributed by atoms with E-state index in [0.717, 1.165) is 12.8 Å². The Labute approximate surface area is 153 Å². The number of sulfone groups is 1. The molecule has 4 rings (SSSR count). The zero-order valence-corrected chi connectivity index (χ0v) is 15.5. The number of benzene rings is 1. The van der Waals surface area contributed by atoms with Crippen LogP contribution in [0, 0.1) is 17.8 Å². The van der Waals surface area contributed by atoms with E-state index in [-0.39, 0.29) is 17.6 Å². The summed E-state index contributed by atoms with van der Waals surface area (Å²) in [5.74, 6) is 1.05. The average Bonchev–Trinajstić information content (AvgIpc) is 3.17. The summed E-state index contributed by atoms with van der Waals surface area (Å²) in [5.41, 5.74) is 0.654. The van der Waals surface area contributed by atoms with E-state index in [1.807, 2.05) is 6.07 Å². The fourth-order valence-electron chi connectivity index (χ4n) is 4.55. The highest BCUT2D eigenvalue weighted by atomic mass is 35.5. The van der Waals surface area contributed by atoms with Crippen LogP contribution in [0.15, 0.2) is 36.4 Å². The molecule has 1 aliphatic heterocycles. The van der Waals surface area contributed by atoms with Gasteiger partial charge >= 0.3 is 0 Å². The van der Waals surface area contributed by atoms with E-state index in [2.05, 4.69) is 12.2 Å². The SMILES string of the molecule is O=C([C@@H]1C[C@H]2C=C[C@H]1C2)N1CC[C@@H](c2ccccc2Cl)S(=O)(=O)CC1. The zero-order valence-electron chi connectivity index (χ0n) is 14.0. The molecule has 1 amide bonds. The number of hydrogen-bond acceptors (Lipinski definition) is 3. The number of halogens is 1. The van der Waals surface area contributed by atoms with Gasteiger partial charge < -0.3 is 4.90 Å². The lowest BCUT2D eigenvalue weighted by Crippen LogP contribution is -2.39. The molecule has 6 heteroatoms. The molecule has 134 valence electrons. The van der Waals surface area contributed by atoms with E-state index in [9.17, 15) is 13.2 Å². The topological polar surface area (TPSA) is 54.5 Å². The smallest absolute Gasteiger partial charge is 0.226 e. The minimum atomic E-state index is -3.33. The van der Waals surface area contributed by atoms with Gasteiger partial charge in [-0.25, -0.2) is 8.42 Å². The van der Waals surface area contributed by atoms with Crippen LogP contribution in [-0.2, 0) is 14.6 Å². The van der Waals surface area contributed by atoms with Gasteiger partial charge in [0.15, 0.2) is 9.84 Å². The summed E-state index contributed by atoms with van der Waals surface area (Å²) in [4.78, 5) is 14.7. The van der Waals surface area contributed by atoms with Gasteiger partial charge in [0.1, 0.15) is 0 Å². The largest absolute Gasteiger partial charge is 0.341 e. The van der Waals surface area contributed by atoms with Gasteiger partial charge in [0.25, 0.3) is 0 Å². The van der Waals surface area contributed by atoms with Crippen molar-refractivity contribution in [1.82, 2.24) is 4.90 Å². The molecule has 3 aliphatic rings. The average molecular weight is 380 g/mol. The normalized spacial score (nSPS) is 33.4. The van der Waals surface area contributed by atoms with Crippen molar-refractivity contribution in [3.63, 3.8) is 0 Å². The minimum absolute atomic E-state index is 0.00524. The lowest BCUT2D eigenvalue weighted by Gasteiger charge is -2.26. The van der Waals surface area contributed by atoms with Crippen molar-refractivity contribution < 1.29 is 13.2 Å². The zero-order chi connectivity index (χ0) is 17.6. The van der Waals surface area contributed by atoms with E-state index in [1.54, 1.807) is 23.1 Å². The first kappa shape index (κ1) is 17.1. The van der Waals surface area contributed by atoms with E-state index in [0.29, 0.717) is 41.9 Å². The van der Waals surface area contributed by atoms with Crippen LogP contribution >= 0.6 is 11.6 Å². The molecular formula is C19H22ClNO3S. The number of carbonyl (C=O) groups excluding carboxylic acids is 1. The molecule has 4 atom stereocenters. The molecule has 25 heavy (non-hydrogen) atoms. The molecule has 0 unspecified atom stereocenters. The Morgan fingerprint density at radius 3 is 2.60 bits per heavy atom. The standard InChI is InChI=1S/C19H22ClNO3S/c20-17-4-2-1-3-15(17)18-7-8-21(9-10-25(18,23)24)19(22)16-12-13-5-6-14(16)11-13/h1-6,13-14,16,18H,7-12H2/t13-,14-,16+,18-/m0/s1. The highest BCUT2D eigenvalue weighted by Gasteiger charge is 2.42. The Morgan fingerprint density at radius 2 is 1.92 bits per heavy atom. The number of allylic oxidation sites excluding steroid dienone is 2. The summed E-state index contributed by atoms with van der Waals surface area (Å²) < 4.78 is 25.5. The number of amides is 1. The molecule has 0 radical (unpaired) electrons. The van der Waals surface area contributed by atoms with Crippen molar-refractivity contribution in [2.24, 2.45) is 17.8 Å². The fourth-order valence-corrected chi connectivity index (χ4v) is 6.70. The maximum absolute atomic E-state index is 12.9. The van der Waals surface area contributed by atoms with E-state index in [1.165, 1.54) is 0 Å². The van der Waals surface area contributed by atoms with Crippen LogP contribution in [0.25, 0.3) is 0 Å². The molecule has 1 saturated heterocycles. The summed E-state index contributed by atoms with van der Waals surface area (Å²) >= 11 is 6.23. The highest BCUT2D eigenvalue weighted by molar-refractivity contribution is 7.91. The van der Waals surface area contributed by atoms with E-state index < -0.39 is 15.1 Å². The molecule has 0 N–H and O–H groups in total. The number of fused-ring (bicyclic) bond motifs is 2. The van der Waals surface area contributed by atoms with Crippen molar-refractivity contribution in [1.29, 1.82) is 0 Å². The molecule has 1 saturated carbocycles. The molecule has 1 aromatic carbocycles. The number of rotatable bonds is 2. The number of hydrogen-bond donors (Lipinski definition) is 0. The van der Waals surface area contributed by atoms with Gasteiger partial charge in [0.05, 0.1) is 11.0 Å². The lowest BCUT2D eigenvalue weighted by atomic mass is 9.92. The van der Waals surface area contributed by atoms with Crippen molar-refractivity contribution in [3.8, 4) is 0 Å². The quantitative estimate of drug-likeness (QED) is 0.741. The van der Waals surface area contributed by atoms with Crippen LogP contribution in [0.5, 0.6) is 0 Å². The van der Waals surface area contributed by atoms with E-state index in [4.69, 9.17) is 11.6 Å².